The predicted octanol–water partition coefficient (Wildman–Crippen LogP) is 0.480. The number of pyridine rings is 1. The van der Waals surface area contributed by atoms with Crippen molar-refractivity contribution in [1.82, 2.24) is 4.98 Å². The Balaban J connectivity index is 2.23. The smallest absolute Gasteiger partial charge is 0.153 e. The minimum absolute atomic E-state index is 0.0161. The minimum Gasteiger partial charge on any atom is -0.394 e. The molecule has 0 aliphatic carbocycles. The van der Waals surface area contributed by atoms with Crippen molar-refractivity contribution in [1.29, 1.82) is 0 Å². The molecular formula is C12H16N2O3. The Bertz CT molecular complexity index is 397. The first kappa shape index (κ1) is 12.0. The summed E-state index contributed by atoms with van der Waals surface area (Å²) in [5.74, 6) is 0.663. The molecule has 2 heterocycles. The van der Waals surface area contributed by atoms with Crippen molar-refractivity contribution in [2.24, 2.45) is 0 Å². The number of hydrogen-bond donors (Lipinski definition) is 1. The summed E-state index contributed by atoms with van der Waals surface area (Å²) in [6.07, 6.45) is 2.26. The lowest BCUT2D eigenvalue weighted by molar-refractivity contribution is -0.0423. The van der Waals surface area contributed by atoms with E-state index in [4.69, 9.17) is 9.84 Å². The maximum absolute atomic E-state index is 11.0. The molecule has 5 heteroatoms. The first-order chi connectivity index (χ1) is 8.24. The lowest BCUT2D eigenvalue weighted by atomic mass is 10.2. The van der Waals surface area contributed by atoms with Crippen LogP contribution in [0.3, 0.4) is 0 Å². The number of morpholine rings is 1. The Kier molecular flexibility index (Phi) is 3.71. The van der Waals surface area contributed by atoms with E-state index in [0.29, 0.717) is 24.5 Å². The number of aromatic nitrogens is 1. The number of aliphatic hydroxyl groups is 1. The van der Waals surface area contributed by atoms with Crippen LogP contribution in [0.4, 0.5) is 5.82 Å². The SMILES string of the molecule is CC1CN(c2ncccc2C=O)CC(CO)O1. The van der Waals surface area contributed by atoms with E-state index < -0.39 is 0 Å². The number of carbonyl (C=O) groups is 1. The van der Waals surface area contributed by atoms with Gasteiger partial charge in [-0.1, -0.05) is 0 Å². The maximum atomic E-state index is 11.0. The molecule has 0 aromatic carbocycles. The van der Waals surface area contributed by atoms with Gasteiger partial charge in [0.05, 0.1) is 24.4 Å². The predicted molar refractivity (Wildman–Crippen MR) is 63.3 cm³/mol. The molecule has 17 heavy (non-hydrogen) atoms. The highest BCUT2D eigenvalue weighted by molar-refractivity contribution is 5.82. The van der Waals surface area contributed by atoms with Gasteiger partial charge in [0.2, 0.25) is 0 Å². The van der Waals surface area contributed by atoms with Crippen LogP contribution in [0.5, 0.6) is 0 Å². The normalized spacial score (nSPS) is 24.7. The summed E-state index contributed by atoms with van der Waals surface area (Å²) >= 11 is 0. The second-order valence-corrected chi connectivity index (χ2v) is 4.19. The number of carbonyl (C=O) groups excluding carboxylic acids is 1. The molecule has 1 aliphatic heterocycles. The van der Waals surface area contributed by atoms with Crippen LogP contribution < -0.4 is 4.90 Å². The van der Waals surface area contributed by atoms with Crippen LogP contribution in [0.2, 0.25) is 0 Å². The molecule has 0 radical (unpaired) electrons. The Morgan fingerprint density at radius 2 is 2.47 bits per heavy atom. The zero-order valence-corrected chi connectivity index (χ0v) is 9.74. The van der Waals surface area contributed by atoms with E-state index in [1.54, 1.807) is 18.3 Å². The molecule has 2 unspecified atom stereocenters. The van der Waals surface area contributed by atoms with Crippen molar-refractivity contribution in [3.63, 3.8) is 0 Å². The molecule has 2 rings (SSSR count). The van der Waals surface area contributed by atoms with E-state index in [1.165, 1.54) is 0 Å². The Morgan fingerprint density at radius 3 is 3.18 bits per heavy atom. The maximum Gasteiger partial charge on any atom is 0.153 e. The molecule has 1 aliphatic rings. The third-order valence-corrected chi connectivity index (χ3v) is 2.77. The van der Waals surface area contributed by atoms with Crippen molar-refractivity contribution < 1.29 is 14.6 Å². The molecule has 0 amide bonds. The van der Waals surface area contributed by atoms with E-state index in [2.05, 4.69) is 4.98 Å². The van der Waals surface area contributed by atoms with Gasteiger partial charge in [0.1, 0.15) is 5.82 Å². The van der Waals surface area contributed by atoms with Crippen LogP contribution >= 0.6 is 0 Å². The van der Waals surface area contributed by atoms with Gasteiger partial charge in [-0.05, 0) is 19.1 Å². The van der Waals surface area contributed by atoms with Crippen molar-refractivity contribution in [2.75, 3.05) is 24.6 Å². The molecule has 1 saturated heterocycles. The number of rotatable bonds is 3. The van der Waals surface area contributed by atoms with Crippen molar-refractivity contribution >= 4 is 12.1 Å². The van der Waals surface area contributed by atoms with Crippen LogP contribution in [0.1, 0.15) is 17.3 Å². The summed E-state index contributed by atoms with van der Waals surface area (Å²) in [6, 6.07) is 3.48. The van der Waals surface area contributed by atoms with Gasteiger partial charge in [0.15, 0.2) is 6.29 Å². The van der Waals surface area contributed by atoms with Gasteiger partial charge in [-0.25, -0.2) is 4.98 Å². The molecule has 1 aromatic heterocycles. The number of aliphatic hydroxyl groups excluding tert-OH is 1. The summed E-state index contributed by atoms with van der Waals surface area (Å²) in [4.78, 5) is 17.2. The Morgan fingerprint density at radius 1 is 1.65 bits per heavy atom. The zero-order chi connectivity index (χ0) is 12.3. The fourth-order valence-electron chi connectivity index (χ4n) is 2.08. The molecule has 5 nitrogen and oxygen atoms in total. The number of aldehydes is 1. The summed E-state index contributed by atoms with van der Waals surface area (Å²) in [5, 5.41) is 9.16. The van der Waals surface area contributed by atoms with E-state index in [-0.39, 0.29) is 18.8 Å². The summed E-state index contributed by atoms with van der Waals surface area (Å²) in [7, 11) is 0. The van der Waals surface area contributed by atoms with Gasteiger partial charge in [-0.3, -0.25) is 4.79 Å². The average Bonchev–Trinajstić information content (AvgIpc) is 2.37. The van der Waals surface area contributed by atoms with Gasteiger partial charge in [-0.15, -0.1) is 0 Å². The third kappa shape index (κ3) is 2.62. The highest BCUT2D eigenvalue weighted by Crippen LogP contribution is 2.20. The van der Waals surface area contributed by atoms with Crippen molar-refractivity contribution in [2.45, 2.75) is 19.1 Å². The first-order valence-corrected chi connectivity index (χ1v) is 5.66. The zero-order valence-electron chi connectivity index (χ0n) is 9.74. The van der Waals surface area contributed by atoms with E-state index in [0.717, 1.165) is 6.29 Å². The number of hydrogen-bond acceptors (Lipinski definition) is 5. The van der Waals surface area contributed by atoms with Gasteiger partial charge >= 0.3 is 0 Å². The number of ether oxygens (including phenoxy) is 1. The van der Waals surface area contributed by atoms with Crippen LogP contribution in [0.25, 0.3) is 0 Å². The van der Waals surface area contributed by atoms with Crippen molar-refractivity contribution in [3.05, 3.63) is 23.9 Å². The topological polar surface area (TPSA) is 62.7 Å². The minimum atomic E-state index is -0.222. The number of anilines is 1. The largest absolute Gasteiger partial charge is 0.394 e. The van der Waals surface area contributed by atoms with Gasteiger partial charge in [-0.2, -0.15) is 0 Å². The lowest BCUT2D eigenvalue weighted by Gasteiger charge is -2.37. The van der Waals surface area contributed by atoms with Crippen LogP contribution in [0.15, 0.2) is 18.3 Å². The van der Waals surface area contributed by atoms with Gasteiger partial charge in [0.25, 0.3) is 0 Å². The highest BCUT2D eigenvalue weighted by Gasteiger charge is 2.26. The van der Waals surface area contributed by atoms with Crippen molar-refractivity contribution in [3.8, 4) is 0 Å². The quantitative estimate of drug-likeness (QED) is 0.773. The fraction of sp³-hybridized carbons (Fsp3) is 0.500. The summed E-state index contributed by atoms with van der Waals surface area (Å²) < 4.78 is 5.55. The highest BCUT2D eigenvalue weighted by atomic mass is 16.5. The monoisotopic (exact) mass is 236 g/mol. The van der Waals surface area contributed by atoms with E-state index >= 15 is 0 Å². The Labute approximate surface area is 100 Å². The number of nitrogens with zero attached hydrogens (tertiary/aromatic N) is 2. The lowest BCUT2D eigenvalue weighted by Crippen LogP contribution is -2.48. The fourth-order valence-corrected chi connectivity index (χ4v) is 2.08. The van der Waals surface area contributed by atoms with Gasteiger partial charge in [0, 0.05) is 19.3 Å². The van der Waals surface area contributed by atoms with Crippen LogP contribution in [-0.4, -0.2) is 48.3 Å². The van der Waals surface area contributed by atoms with E-state index in [1.807, 2.05) is 11.8 Å². The molecule has 2 atom stereocenters. The third-order valence-electron chi connectivity index (χ3n) is 2.77. The summed E-state index contributed by atoms with van der Waals surface area (Å²) in [5.41, 5.74) is 0.568. The second kappa shape index (κ2) is 5.25. The van der Waals surface area contributed by atoms with Crippen LogP contribution in [0, 0.1) is 0 Å². The molecule has 0 spiro atoms. The average molecular weight is 236 g/mol. The standard InChI is InChI=1S/C12H16N2O3/c1-9-5-14(6-11(8-16)17-9)12-10(7-15)3-2-4-13-12/h2-4,7,9,11,16H,5-6,8H2,1H3. The molecule has 0 saturated carbocycles. The Hall–Kier alpha value is -1.46. The van der Waals surface area contributed by atoms with E-state index in [9.17, 15) is 4.79 Å². The molecule has 1 aromatic rings. The second-order valence-electron chi connectivity index (χ2n) is 4.19. The van der Waals surface area contributed by atoms with Crippen LogP contribution in [-0.2, 0) is 4.74 Å². The molecule has 0 bridgehead atoms. The first-order valence-electron chi connectivity index (χ1n) is 5.66. The summed E-state index contributed by atoms with van der Waals surface area (Å²) in [6.45, 7) is 3.15. The molecular weight excluding hydrogens is 220 g/mol. The molecule has 1 fully saturated rings. The van der Waals surface area contributed by atoms with Gasteiger partial charge < -0.3 is 14.7 Å². The molecule has 92 valence electrons. The molecule has 1 N–H and O–H groups in total.